The first-order valence-corrected chi connectivity index (χ1v) is 9.81. The Kier molecular flexibility index (Phi) is 12.6. The van der Waals surface area contributed by atoms with Gasteiger partial charge in [0.25, 0.3) is 0 Å². The summed E-state index contributed by atoms with van der Waals surface area (Å²) in [4.78, 5) is 23.7. The molecule has 0 aromatic heterocycles. The highest BCUT2D eigenvalue weighted by Gasteiger charge is 2.37. The lowest BCUT2D eigenvalue weighted by Crippen LogP contribution is -2.54. The summed E-state index contributed by atoms with van der Waals surface area (Å²) in [5.41, 5.74) is 4.45. The Morgan fingerprint density at radius 1 is 1.35 bits per heavy atom. The molecule has 0 radical (unpaired) electrons. The molecule has 0 aliphatic rings. The number of aliphatic carboxylic acids is 1. The van der Waals surface area contributed by atoms with Gasteiger partial charge >= 0.3 is 5.97 Å². The number of carbonyl (C=O) groups is 2. The molecule has 0 heterocycles. The topological polar surface area (TPSA) is 125 Å². The van der Waals surface area contributed by atoms with Gasteiger partial charge < -0.3 is 26.6 Å². The molecule has 0 fully saturated rings. The molecule has 8 heteroatoms. The Morgan fingerprint density at radius 3 is 2.46 bits per heavy atom. The van der Waals surface area contributed by atoms with Crippen molar-refractivity contribution in [3.8, 4) is 0 Å². The first kappa shape index (κ1) is 24.9. The van der Waals surface area contributed by atoms with Gasteiger partial charge in [-0.3, -0.25) is 4.79 Å². The average molecular weight is 390 g/mol. The standard InChI is InChI=1S/C18H35N3O4S/c1-4-13(3)15(20-11-14(19)12-26)7-6-8-16(23)21-18(5-2,9-10-22)17(24)25/h6-7,13-15,20,22,26H,4-5,8-12,19H2,1-3H3,(H,21,23)(H,24,25)/t13-,14+,15+,18+/m0/s1. The molecule has 0 saturated carbocycles. The van der Waals surface area contributed by atoms with E-state index >= 15 is 0 Å². The number of thiol groups is 1. The minimum atomic E-state index is -1.42. The van der Waals surface area contributed by atoms with E-state index in [2.05, 4.69) is 37.1 Å². The predicted octanol–water partition coefficient (Wildman–Crippen LogP) is 0.926. The summed E-state index contributed by atoms with van der Waals surface area (Å²) in [5.74, 6) is -0.560. The van der Waals surface area contributed by atoms with Crippen molar-refractivity contribution < 1.29 is 19.8 Å². The molecule has 0 aromatic rings. The molecule has 0 aliphatic heterocycles. The number of carboxylic acid groups (broad SMARTS) is 1. The minimum Gasteiger partial charge on any atom is -0.480 e. The van der Waals surface area contributed by atoms with E-state index in [0.29, 0.717) is 18.2 Å². The van der Waals surface area contributed by atoms with Crippen molar-refractivity contribution in [3.63, 3.8) is 0 Å². The lowest BCUT2D eigenvalue weighted by atomic mass is 9.92. The second kappa shape index (κ2) is 13.1. The molecule has 0 rings (SSSR count). The zero-order chi connectivity index (χ0) is 20.2. The summed E-state index contributed by atoms with van der Waals surface area (Å²) >= 11 is 4.17. The fourth-order valence-corrected chi connectivity index (χ4v) is 2.66. The van der Waals surface area contributed by atoms with Crippen LogP contribution in [0.5, 0.6) is 0 Å². The largest absolute Gasteiger partial charge is 0.480 e. The van der Waals surface area contributed by atoms with E-state index in [4.69, 9.17) is 10.8 Å². The van der Waals surface area contributed by atoms with E-state index in [-0.39, 0.29) is 43.9 Å². The van der Waals surface area contributed by atoms with Crippen molar-refractivity contribution in [1.29, 1.82) is 0 Å². The van der Waals surface area contributed by atoms with Gasteiger partial charge in [0.05, 0.1) is 0 Å². The Morgan fingerprint density at radius 2 is 2.00 bits per heavy atom. The van der Waals surface area contributed by atoms with Crippen LogP contribution in [0.2, 0.25) is 0 Å². The maximum atomic E-state index is 12.2. The maximum absolute atomic E-state index is 12.2. The van der Waals surface area contributed by atoms with Crippen molar-refractivity contribution in [2.75, 3.05) is 18.9 Å². The molecule has 1 amide bonds. The summed E-state index contributed by atoms with van der Waals surface area (Å²) in [6, 6.07) is 0.0346. The third kappa shape index (κ3) is 8.53. The molecule has 6 N–H and O–H groups in total. The van der Waals surface area contributed by atoms with Crippen LogP contribution in [-0.2, 0) is 9.59 Å². The first-order valence-electron chi connectivity index (χ1n) is 9.18. The summed E-state index contributed by atoms with van der Waals surface area (Å²) in [6.07, 6.45) is 4.91. The summed E-state index contributed by atoms with van der Waals surface area (Å²) in [5, 5.41) is 24.4. The highest BCUT2D eigenvalue weighted by molar-refractivity contribution is 7.80. The molecule has 4 atom stereocenters. The number of hydrogen-bond donors (Lipinski definition) is 6. The van der Waals surface area contributed by atoms with Crippen molar-refractivity contribution >= 4 is 24.5 Å². The van der Waals surface area contributed by atoms with Crippen LogP contribution in [0.3, 0.4) is 0 Å². The van der Waals surface area contributed by atoms with Crippen molar-refractivity contribution in [2.45, 2.75) is 64.1 Å². The SMILES string of the molecule is CC[C@H](C)[C@@H](C=CCC(=O)N[C@](CC)(CCO)C(=O)O)NC[C@@H](N)CS. The Balaban J connectivity index is 4.82. The monoisotopic (exact) mass is 389 g/mol. The third-order valence-corrected chi connectivity index (χ3v) is 5.15. The third-order valence-electron chi connectivity index (χ3n) is 4.68. The fourth-order valence-electron chi connectivity index (χ4n) is 2.53. The van der Waals surface area contributed by atoms with Crippen LogP contribution in [-0.4, -0.2) is 58.6 Å². The highest BCUT2D eigenvalue weighted by atomic mass is 32.1. The number of aliphatic hydroxyl groups excluding tert-OH is 1. The van der Waals surface area contributed by atoms with Crippen LogP contribution < -0.4 is 16.4 Å². The number of carboxylic acids is 1. The van der Waals surface area contributed by atoms with Crippen LogP contribution in [0.25, 0.3) is 0 Å². The molecule has 26 heavy (non-hydrogen) atoms. The fraction of sp³-hybridized carbons (Fsp3) is 0.778. The molecule has 0 unspecified atom stereocenters. The molecular weight excluding hydrogens is 354 g/mol. The minimum absolute atomic E-state index is 0.0209. The number of aliphatic hydroxyl groups is 1. The normalized spacial score (nSPS) is 17.5. The van der Waals surface area contributed by atoms with Crippen molar-refractivity contribution in [2.24, 2.45) is 11.7 Å². The summed E-state index contributed by atoms with van der Waals surface area (Å²) < 4.78 is 0. The number of hydrogen-bond acceptors (Lipinski definition) is 6. The molecule has 0 bridgehead atoms. The second-order valence-electron chi connectivity index (χ2n) is 6.66. The molecular formula is C18H35N3O4S. The van der Waals surface area contributed by atoms with Crippen molar-refractivity contribution in [3.05, 3.63) is 12.2 Å². The van der Waals surface area contributed by atoms with Gasteiger partial charge in [0.1, 0.15) is 5.54 Å². The molecule has 0 spiro atoms. The molecule has 0 aromatic carbocycles. The van der Waals surface area contributed by atoms with E-state index in [9.17, 15) is 14.7 Å². The number of nitrogens with one attached hydrogen (secondary N) is 2. The Bertz CT molecular complexity index is 462. The van der Waals surface area contributed by atoms with Gasteiger partial charge in [-0.1, -0.05) is 39.3 Å². The zero-order valence-electron chi connectivity index (χ0n) is 16.1. The average Bonchev–Trinajstić information content (AvgIpc) is 2.62. The van der Waals surface area contributed by atoms with Crippen LogP contribution in [0.15, 0.2) is 12.2 Å². The molecule has 152 valence electrons. The Labute approximate surface area is 162 Å². The molecule has 0 aliphatic carbocycles. The summed E-state index contributed by atoms with van der Waals surface area (Å²) in [7, 11) is 0. The maximum Gasteiger partial charge on any atom is 0.329 e. The highest BCUT2D eigenvalue weighted by Crippen LogP contribution is 2.16. The van der Waals surface area contributed by atoms with E-state index in [1.807, 2.05) is 6.08 Å². The van der Waals surface area contributed by atoms with Gasteiger partial charge in [-0.05, 0) is 12.3 Å². The predicted molar refractivity (Wildman–Crippen MR) is 107 cm³/mol. The first-order chi connectivity index (χ1) is 12.3. The van der Waals surface area contributed by atoms with E-state index in [0.717, 1.165) is 6.42 Å². The van der Waals surface area contributed by atoms with Crippen LogP contribution in [0.4, 0.5) is 0 Å². The van der Waals surface area contributed by atoms with Crippen LogP contribution >= 0.6 is 12.6 Å². The van der Waals surface area contributed by atoms with E-state index in [1.165, 1.54) is 0 Å². The van der Waals surface area contributed by atoms with Crippen molar-refractivity contribution in [1.82, 2.24) is 10.6 Å². The van der Waals surface area contributed by atoms with Crippen LogP contribution in [0, 0.1) is 5.92 Å². The van der Waals surface area contributed by atoms with Gasteiger partial charge in [0, 0.05) is 43.8 Å². The van der Waals surface area contributed by atoms with E-state index in [1.54, 1.807) is 13.0 Å². The van der Waals surface area contributed by atoms with Gasteiger partial charge in [0.15, 0.2) is 0 Å². The van der Waals surface area contributed by atoms with Gasteiger partial charge in [0.2, 0.25) is 5.91 Å². The van der Waals surface area contributed by atoms with Crippen LogP contribution in [0.1, 0.15) is 46.5 Å². The lowest BCUT2D eigenvalue weighted by Gasteiger charge is -2.28. The quantitative estimate of drug-likeness (QED) is 0.194. The molecule has 7 nitrogen and oxygen atoms in total. The Hall–Kier alpha value is -1.09. The number of amides is 1. The number of rotatable bonds is 14. The summed E-state index contributed by atoms with van der Waals surface area (Å²) in [6.45, 7) is 6.20. The number of carbonyl (C=O) groups excluding carboxylic acids is 1. The van der Waals surface area contributed by atoms with Gasteiger partial charge in [-0.2, -0.15) is 12.6 Å². The lowest BCUT2D eigenvalue weighted by molar-refractivity contribution is -0.148. The van der Waals surface area contributed by atoms with Gasteiger partial charge in [-0.15, -0.1) is 0 Å². The van der Waals surface area contributed by atoms with Gasteiger partial charge in [-0.25, -0.2) is 4.79 Å². The second-order valence-corrected chi connectivity index (χ2v) is 7.02. The number of nitrogens with two attached hydrogens (primary N) is 1. The smallest absolute Gasteiger partial charge is 0.329 e. The zero-order valence-corrected chi connectivity index (χ0v) is 17.0. The van der Waals surface area contributed by atoms with E-state index < -0.39 is 11.5 Å². The molecule has 0 saturated heterocycles.